The largest absolute Gasteiger partial charge is 0.443 e. The fourth-order valence-corrected chi connectivity index (χ4v) is 4.96. The number of hydrogen-bond donors (Lipinski definition) is 3. The van der Waals surface area contributed by atoms with Crippen molar-refractivity contribution in [3.63, 3.8) is 0 Å². The van der Waals surface area contributed by atoms with E-state index in [4.69, 9.17) is 24.7 Å². The van der Waals surface area contributed by atoms with Gasteiger partial charge in [-0.15, -0.1) is 0 Å². The minimum atomic E-state index is -1.53. The molecule has 2 saturated heterocycles. The Labute approximate surface area is 183 Å². The molecule has 2 aliphatic heterocycles. The van der Waals surface area contributed by atoms with E-state index in [1.165, 1.54) is 19.4 Å². The van der Waals surface area contributed by atoms with E-state index in [1.54, 1.807) is 7.11 Å². The standard InChI is InChI=1S/C22H36N2O7/c1-12(2)7-8-14-21(5,31-14)16-15(28-6)13(9-10-22(16)11-29-22)30-19(26)24-17(18(23)25)20(3,4)27/h7,13-17,27H,8-11H2,1-6H3,(H2,23,25)(H,24,26)/t13-,14-,15-,16-,17+,21+,22+/m1/s1. The minimum absolute atomic E-state index is 0.0492. The lowest BCUT2D eigenvalue weighted by atomic mass is 9.68. The summed E-state index contributed by atoms with van der Waals surface area (Å²) in [6, 6.07) is -1.28. The van der Waals surface area contributed by atoms with Crippen LogP contribution in [0.4, 0.5) is 4.79 Å². The van der Waals surface area contributed by atoms with Gasteiger partial charge in [0.25, 0.3) is 0 Å². The van der Waals surface area contributed by atoms with Crippen molar-refractivity contribution in [1.29, 1.82) is 0 Å². The second kappa shape index (κ2) is 8.35. The molecule has 0 unspecified atom stereocenters. The summed E-state index contributed by atoms with van der Waals surface area (Å²) in [6.45, 7) is 9.59. The topological polar surface area (TPSA) is 136 Å². The van der Waals surface area contributed by atoms with E-state index in [9.17, 15) is 14.7 Å². The summed E-state index contributed by atoms with van der Waals surface area (Å²) in [5.41, 5.74) is 4.26. The van der Waals surface area contributed by atoms with Crippen LogP contribution in [0.15, 0.2) is 11.6 Å². The summed E-state index contributed by atoms with van der Waals surface area (Å²) in [7, 11) is 1.59. The van der Waals surface area contributed by atoms with Gasteiger partial charge in [0.15, 0.2) is 0 Å². The maximum atomic E-state index is 12.5. The maximum Gasteiger partial charge on any atom is 0.408 e. The van der Waals surface area contributed by atoms with Crippen LogP contribution in [0.3, 0.4) is 0 Å². The van der Waals surface area contributed by atoms with Gasteiger partial charge < -0.3 is 35.1 Å². The number of epoxide rings is 2. The van der Waals surface area contributed by atoms with Crippen molar-refractivity contribution in [1.82, 2.24) is 5.32 Å². The molecule has 4 N–H and O–H groups in total. The Morgan fingerprint density at radius 3 is 2.52 bits per heavy atom. The Balaban J connectivity index is 1.72. The van der Waals surface area contributed by atoms with Gasteiger partial charge in [-0.05, 0) is 53.9 Å². The summed E-state index contributed by atoms with van der Waals surface area (Å²) >= 11 is 0. The van der Waals surface area contributed by atoms with Crippen LogP contribution >= 0.6 is 0 Å². The average Bonchev–Trinajstić information content (AvgIpc) is 3.56. The minimum Gasteiger partial charge on any atom is -0.443 e. The summed E-state index contributed by atoms with van der Waals surface area (Å²) in [5, 5.41) is 12.5. The van der Waals surface area contributed by atoms with Gasteiger partial charge in [0.1, 0.15) is 29.5 Å². The van der Waals surface area contributed by atoms with Gasteiger partial charge in [-0.1, -0.05) is 11.6 Å². The van der Waals surface area contributed by atoms with Gasteiger partial charge in [0.2, 0.25) is 5.91 Å². The van der Waals surface area contributed by atoms with E-state index >= 15 is 0 Å². The Morgan fingerprint density at radius 1 is 1.39 bits per heavy atom. The summed E-state index contributed by atoms with van der Waals surface area (Å²) in [6.07, 6.45) is 2.47. The molecule has 0 bridgehead atoms. The number of nitrogens with two attached hydrogens (primary N) is 1. The molecule has 0 aromatic heterocycles. The van der Waals surface area contributed by atoms with E-state index in [0.717, 1.165) is 6.42 Å². The molecule has 0 aromatic carbocycles. The zero-order chi connectivity index (χ0) is 23.2. The van der Waals surface area contributed by atoms with Crippen molar-refractivity contribution in [3.8, 4) is 0 Å². The first-order chi connectivity index (χ1) is 14.3. The molecule has 31 heavy (non-hydrogen) atoms. The highest BCUT2D eigenvalue weighted by atomic mass is 16.6. The summed E-state index contributed by atoms with van der Waals surface area (Å²) in [4.78, 5) is 24.2. The number of carbonyl (C=O) groups is 2. The molecule has 2 heterocycles. The van der Waals surface area contributed by atoms with E-state index in [1.807, 2.05) is 0 Å². The average molecular weight is 441 g/mol. The van der Waals surface area contributed by atoms with Gasteiger partial charge in [-0.25, -0.2) is 4.79 Å². The van der Waals surface area contributed by atoms with Gasteiger partial charge in [-0.3, -0.25) is 4.79 Å². The molecule has 1 saturated carbocycles. The number of amides is 2. The van der Waals surface area contributed by atoms with Crippen LogP contribution in [0.25, 0.3) is 0 Å². The first kappa shape index (κ1) is 24.0. The molecule has 3 rings (SSSR count). The predicted molar refractivity (Wildman–Crippen MR) is 112 cm³/mol. The van der Waals surface area contributed by atoms with Gasteiger partial charge in [0.05, 0.1) is 24.2 Å². The monoisotopic (exact) mass is 440 g/mol. The lowest BCUT2D eigenvalue weighted by Crippen LogP contribution is -2.59. The normalized spacial score (nSPS) is 37.6. The molecule has 7 atom stereocenters. The number of alkyl carbamates (subject to hydrolysis) is 1. The molecule has 1 spiro atoms. The van der Waals surface area contributed by atoms with Crippen molar-refractivity contribution >= 4 is 12.0 Å². The van der Waals surface area contributed by atoms with E-state index in [2.05, 4.69) is 32.2 Å². The lowest BCUT2D eigenvalue weighted by molar-refractivity contribution is -0.127. The number of ether oxygens (including phenoxy) is 4. The zero-order valence-electron chi connectivity index (χ0n) is 19.3. The number of aliphatic hydroxyl groups is 1. The number of hydrogen-bond acceptors (Lipinski definition) is 7. The number of allylic oxidation sites excluding steroid dienone is 1. The van der Waals surface area contributed by atoms with Gasteiger partial charge in [-0.2, -0.15) is 0 Å². The van der Waals surface area contributed by atoms with Crippen LogP contribution in [0.1, 0.15) is 53.9 Å². The van der Waals surface area contributed by atoms with Crippen LogP contribution in [-0.2, 0) is 23.7 Å². The number of nitrogens with one attached hydrogen (secondary N) is 1. The maximum absolute atomic E-state index is 12.5. The first-order valence-corrected chi connectivity index (χ1v) is 10.8. The second-order valence-corrected chi connectivity index (χ2v) is 9.95. The Bertz CT molecular complexity index is 739. The Morgan fingerprint density at radius 2 is 2.03 bits per heavy atom. The molecule has 2 amide bonds. The van der Waals surface area contributed by atoms with Crippen LogP contribution in [0, 0.1) is 5.92 Å². The SMILES string of the molecule is CO[C@@H]1[C@H](OC(=O)N[C@@H](C(N)=O)C(C)(C)O)CC[C@]2(CO2)[C@H]1[C@@]1(C)O[C@@H]1CC=C(C)C. The molecule has 1 aliphatic carbocycles. The fraction of sp³-hybridized carbons (Fsp3) is 0.818. The van der Waals surface area contributed by atoms with Crippen molar-refractivity contribution in [2.24, 2.45) is 11.7 Å². The van der Waals surface area contributed by atoms with Crippen molar-refractivity contribution in [2.75, 3.05) is 13.7 Å². The van der Waals surface area contributed by atoms with Crippen LogP contribution < -0.4 is 11.1 Å². The van der Waals surface area contributed by atoms with Crippen LogP contribution in [-0.4, -0.2) is 72.0 Å². The molecule has 9 heteroatoms. The van der Waals surface area contributed by atoms with Crippen LogP contribution in [0.2, 0.25) is 0 Å². The highest BCUT2D eigenvalue weighted by Crippen LogP contribution is 2.59. The summed E-state index contributed by atoms with van der Waals surface area (Å²) < 4.78 is 23.5. The number of primary amides is 1. The van der Waals surface area contributed by atoms with E-state index < -0.39 is 41.5 Å². The molecular weight excluding hydrogens is 404 g/mol. The molecule has 3 fully saturated rings. The smallest absolute Gasteiger partial charge is 0.408 e. The summed E-state index contributed by atoms with van der Waals surface area (Å²) in [5.74, 6) is -0.950. The van der Waals surface area contributed by atoms with E-state index in [-0.39, 0.29) is 17.6 Å². The highest BCUT2D eigenvalue weighted by Gasteiger charge is 2.72. The third kappa shape index (κ3) is 4.89. The molecule has 3 aliphatic rings. The van der Waals surface area contributed by atoms with Gasteiger partial charge in [0, 0.05) is 7.11 Å². The molecule has 9 nitrogen and oxygen atoms in total. The van der Waals surface area contributed by atoms with Gasteiger partial charge >= 0.3 is 6.09 Å². The molecular formula is C22H36N2O7. The quantitative estimate of drug-likeness (QED) is 0.383. The molecule has 0 radical (unpaired) electrons. The van der Waals surface area contributed by atoms with E-state index in [0.29, 0.717) is 19.4 Å². The van der Waals surface area contributed by atoms with Crippen molar-refractivity contribution in [2.45, 2.75) is 95.0 Å². The van der Waals surface area contributed by atoms with Crippen molar-refractivity contribution < 1.29 is 33.6 Å². The third-order valence-electron chi connectivity index (χ3n) is 6.75. The highest BCUT2D eigenvalue weighted by molar-refractivity contribution is 5.85. The Hall–Kier alpha value is -1.68. The second-order valence-electron chi connectivity index (χ2n) is 9.95. The number of methoxy groups -OCH3 is 1. The lowest BCUT2D eigenvalue weighted by Gasteiger charge is -2.42. The third-order valence-corrected chi connectivity index (χ3v) is 6.75. The van der Waals surface area contributed by atoms with Crippen LogP contribution in [0.5, 0.6) is 0 Å². The Kier molecular flexibility index (Phi) is 6.46. The zero-order valence-corrected chi connectivity index (χ0v) is 19.3. The molecule has 176 valence electrons. The molecule has 0 aromatic rings. The number of carbonyl (C=O) groups excluding carboxylic acids is 2. The number of rotatable bonds is 8. The predicted octanol–water partition coefficient (Wildman–Crippen LogP) is 1.41. The van der Waals surface area contributed by atoms with Crippen molar-refractivity contribution in [3.05, 3.63) is 11.6 Å². The fourth-order valence-electron chi connectivity index (χ4n) is 4.96. The first-order valence-electron chi connectivity index (χ1n) is 10.8.